The Morgan fingerprint density at radius 2 is 1.00 bits per heavy atom. The molecule has 0 aromatic rings. The Labute approximate surface area is 68.6 Å². The lowest BCUT2D eigenvalue weighted by atomic mass is 10.6. The molecule has 12 heavy (non-hydrogen) atoms. The maximum Gasteiger partial charge on any atom is 0.349 e. The third-order valence-corrected chi connectivity index (χ3v) is 1.79. The minimum absolute atomic E-state index is 0.541. The lowest BCUT2D eigenvalue weighted by Crippen LogP contribution is -1.69. The van der Waals surface area contributed by atoms with Crippen LogP contribution in [0.4, 0.5) is 0 Å². The average molecular weight is 214 g/mol. The van der Waals surface area contributed by atoms with Crippen molar-refractivity contribution in [1.29, 1.82) is 0 Å². The smallest absolute Gasteiger partial charge is 0.321 e. The van der Waals surface area contributed by atoms with E-state index >= 15 is 0 Å². The molecule has 0 saturated heterocycles. The molecule has 70 valence electrons. The molecule has 8 heteroatoms. The molecule has 0 unspecified atom stereocenters. The van der Waals surface area contributed by atoms with Gasteiger partial charge in [0.1, 0.15) is 0 Å². The first-order chi connectivity index (χ1) is 5.21. The number of hydrogen-bond donors (Lipinski definition) is 4. The van der Waals surface area contributed by atoms with Gasteiger partial charge in [0.25, 0.3) is 0 Å². The summed E-state index contributed by atoms with van der Waals surface area (Å²) in [6.45, 7) is 0. The molecule has 4 N–H and O–H groups in total. The van der Waals surface area contributed by atoms with E-state index in [9.17, 15) is 9.13 Å². The van der Waals surface area contributed by atoms with Gasteiger partial charge in [0.15, 0.2) is 0 Å². The minimum Gasteiger partial charge on any atom is -0.321 e. The molecule has 6 nitrogen and oxygen atoms in total. The van der Waals surface area contributed by atoms with Crippen LogP contribution in [0.1, 0.15) is 0 Å². The van der Waals surface area contributed by atoms with Gasteiger partial charge in [-0.2, -0.15) is 0 Å². The zero-order valence-corrected chi connectivity index (χ0v) is 7.60. The van der Waals surface area contributed by atoms with Gasteiger partial charge in [0.2, 0.25) is 0 Å². The molecule has 0 fully saturated rings. The molecule has 0 rings (SSSR count). The highest BCUT2D eigenvalue weighted by atomic mass is 31.2. The highest BCUT2D eigenvalue weighted by molar-refractivity contribution is 7.55. The van der Waals surface area contributed by atoms with Crippen LogP contribution in [0, 0.1) is 0 Å². The summed E-state index contributed by atoms with van der Waals surface area (Å²) in [4.78, 5) is 33.0. The van der Waals surface area contributed by atoms with Crippen LogP contribution in [0.2, 0.25) is 0 Å². The van der Waals surface area contributed by atoms with E-state index < -0.39 is 15.2 Å². The van der Waals surface area contributed by atoms with Crippen LogP contribution >= 0.6 is 15.2 Å². The van der Waals surface area contributed by atoms with Crippen LogP contribution in [0.3, 0.4) is 0 Å². The first kappa shape index (κ1) is 11.8. The molecular weight excluding hydrogens is 206 g/mol. The summed E-state index contributed by atoms with van der Waals surface area (Å²) in [6, 6.07) is 0. The summed E-state index contributed by atoms with van der Waals surface area (Å²) in [6.07, 6.45) is 1.75. The van der Waals surface area contributed by atoms with E-state index in [0.29, 0.717) is 11.6 Å². The predicted octanol–water partition coefficient (Wildman–Crippen LogP) is 0.369. The second-order valence-corrected chi connectivity index (χ2v) is 4.81. The first-order valence-corrected chi connectivity index (χ1v) is 6.04. The van der Waals surface area contributed by atoms with Gasteiger partial charge in [-0.25, -0.2) is 0 Å². The van der Waals surface area contributed by atoms with Crippen LogP contribution < -0.4 is 0 Å². The fraction of sp³-hybridized carbons (Fsp3) is 0. The first-order valence-electron chi connectivity index (χ1n) is 2.68. The van der Waals surface area contributed by atoms with E-state index in [0.717, 1.165) is 12.2 Å². The van der Waals surface area contributed by atoms with Gasteiger partial charge in [-0.3, -0.25) is 9.13 Å². The molecule has 0 saturated carbocycles. The molecule has 0 aliphatic heterocycles. The Bertz CT molecular complexity index is 250. The van der Waals surface area contributed by atoms with Gasteiger partial charge in [-0.05, 0) is 0 Å². The van der Waals surface area contributed by atoms with Gasteiger partial charge < -0.3 is 19.6 Å². The fourth-order valence-electron chi connectivity index (χ4n) is 0.324. The molecule has 0 bridgehead atoms. The fourth-order valence-corrected chi connectivity index (χ4v) is 0.971. The lowest BCUT2D eigenvalue weighted by Gasteiger charge is -1.92. The minimum atomic E-state index is -4.23. The molecule has 0 heterocycles. The lowest BCUT2D eigenvalue weighted by molar-refractivity contribution is 0.383. The highest BCUT2D eigenvalue weighted by Crippen LogP contribution is 2.38. The Hall–Kier alpha value is -0.220. The summed E-state index contributed by atoms with van der Waals surface area (Å²) < 4.78 is 20.3. The average Bonchev–Trinajstić information content (AvgIpc) is 1.76. The molecule has 0 aliphatic rings. The van der Waals surface area contributed by atoms with Crippen molar-refractivity contribution in [2.24, 2.45) is 0 Å². The van der Waals surface area contributed by atoms with Gasteiger partial charge in [0.05, 0.1) is 0 Å². The second-order valence-electron chi connectivity index (χ2n) is 1.86. The van der Waals surface area contributed by atoms with Crippen LogP contribution in [0.5, 0.6) is 0 Å². The third-order valence-electron chi connectivity index (χ3n) is 0.672. The molecule has 0 atom stereocenters. The Kier molecular flexibility index (Phi) is 4.06. The normalized spacial score (nSPS) is 14.7. The zero-order valence-electron chi connectivity index (χ0n) is 5.81. The van der Waals surface area contributed by atoms with Crippen LogP contribution in [0.25, 0.3) is 0 Å². The second kappa shape index (κ2) is 4.14. The number of rotatable bonds is 3. The van der Waals surface area contributed by atoms with Crippen molar-refractivity contribution in [3.8, 4) is 0 Å². The molecule has 0 aliphatic carbocycles. The van der Waals surface area contributed by atoms with Crippen molar-refractivity contribution in [2.75, 3.05) is 0 Å². The van der Waals surface area contributed by atoms with Crippen LogP contribution in [-0.2, 0) is 9.13 Å². The van der Waals surface area contributed by atoms with Crippen LogP contribution in [0.15, 0.2) is 23.8 Å². The van der Waals surface area contributed by atoms with E-state index in [2.05, 4.69) is 0 Å². The van der Waals surface area contributed by atoms with Crippen LogP contribution in [-0.4, -0.2) is 19.6 Å². The maximum absolute atomic E-state index is 10.1. The maximum atomic E-state index is 10.1. The molecule has 0 spiro atoms. The number of hydrogen-bond acceptors (Lipinski definition) is 2. The summed E-state index contributed by atoms with van der Waals surface area (Å²) in [5, 5.41) is 0. The van der Waals surface area contributed by atoms with Gasteiger partial charge in [-0.1, -0.05) is 12.2 Å². The topological polar surface area (TPSA) is 115 Å². The summed E-state index contributed by atoms with van der Waals surface area (Å²) in [5.74, 6) is 1.08. The summed E-state index contributed by atoms with van der Waals surface area (Å²) >= 11 is 0. The number of allylic oxidation sites excluding steroid dienone is 2. The Morgan fingerprint density at radius 1 is 0.750 bits per heavy atom. The molecule has 0 aromatic carbocycles. The van der Waals surface area contributed by atoms with Gasteiger partial charge >= 0.3 is 15.2 Å². The van der Waals surface area contributed by atoms with Gasteiger partial charge in [0, 0.05) is 11.6 Å². The Morgan fingerprint density at radius 3 is 1.17 bits per heavy atom. The summed E-state index contributed by atoms with van der Waals surface area (Å²) in [5.41, 5.74) is 0. The largest absolute Gasteiger partial charge is 0.349 e. The molecule has 0 amide bonds. The zero-order chi connectivity index (χ0) is 9.83. The Balaban J connectivity index is 4.18. The molecular formula is C4H8O6P2. The monoisotopic (exact) mass is 214 g/mol. The van der Waals surface area contributed by atoms with Gasteiger partial charge in [-0.15, -0.1) is 0 Å². The van der Waals surface area contributed by atoms with Crippen molar-refractivity contribution < 1.29 is 28.7 Å². The van der Waals surface area contributed by atoms with Crippen molar-refractivity contribution in [3.63, 3.8) is 0 Å². The molecule has 0 radical (unpaired) electrons. The van der Waals surface area contributed by atoms with E-state index in [1.807, 2.05) is 0 Å². The predicted molar refractivity (Wildman–Crippen MR) is 42.4 cm³/mol. The molecule has 0 aromatic heterocycles. The van der Waals surface area contributed by atoms with E-state index in [1.54, 1.807) is 0 Å². The van der Waals surface area contributed by atoms with Crippen molar-refractivity contribution in [3.05, 3.63) is 23.8 Å². The van der Waals surface area contributed by atoms with E-state index in [-0.39, 0.29) is 0 Å². The standard InChI is InChI=1S/C4H8O6P2/c5-11(6,7)3-1-2-4-12(8,9)10/h1-4H,(H2,5,6,7)(H2,8,9,10)/b3-1+,4-2+. The quantitative estimate of drug-likeness (QED) is 0.398. The van der Waals surface area contributed by atoms with E-state index in [4.69, 9.17) is 19.6 Å². The van der Waals surface area contributed by atoms with E-state index in [1.165, 1.54) is 0 Å². The third kappa shape index (κ3) is 9.78. The van der Waals surface area contributed by atoms with Crippen molar-refractivity contribution in [2.45, 2.75) is 0 Å². The van der Waals surface area contributed by atoms with Crippen molar-refractivity contribution in [1.82, 2.24) is 0 Å². The summed E-state index contributed by atoms with van der Waals surface area (Å²) in [7, 11) is -8.46. The van der Waals surface area contributed by atoms with Crippen molar-refractivity contribution >= 4 is 15.2 Å². The SMILES string of the molecule is O=P(O)(O)/C=C/C=C/P(=O)(O)O. The highest BCUT2D eigenvalue weighted by Gasteiger charge is 2.05.